The molecule has 0 amide bonds. The van der Waals surface area contributed by atoms with E-state index in [0.29, 0.717) is 0 Å². The Hall–Kier alpha value is -6.49. The number of allylic oxidation sites excluding steroid dienone is 1. The van der Waals surface area contributed by atoms with E-state index in [4.69, 9.17) is 4.99 Å². The number of nitrogens with zero attached hydrogens (tertiary/aromatic N) is 2. The summed E-state index contributed by atoms with van der Waals surface area (Å²) in [6, 6.07) is 61.5. The number of benzene rings is 8. The van der Waals surface area contributed by atoms with Gasteiger partial charge in [-0.05, 0) is 80.7 Å². The van der Waals surface area contributed by atoms with E-state index < -0.39 is 0 Å². The molecule has 0 spiro atoms. The molecule has 1 aliphatic rings. The molecule has 52 heavy (non-hydrogen) atoms. The molecule has 3 nitrogen and oxygen atoms in total. The summed E-state index contributed by atoms with van der Waals surface area (Å²) in [5, 5.41) is 14.0. The Bertz CT molecular complexity index is 3080. The summed E-state index contributed by atoms with van der Waals surface area (Å²) in [5.74, 6) is 0. The zero-order valence-electron chi connectivity index (χ0n) is 28.1. The fourth-order valence-corrected chi connectivity index (χ4v) is 9.28. The van der Waals surface area contributed by atoms with Crippen molar-refractivity contribution in [1.29, 1.82) is 0 Å². The van der Waals surface area contributed by atoms with Gasteiger partial charge in [-0.1, -0.05) is 133 Å². The van der Waals surface area contributed by atoms with E-state index in [-0.39, 0.29) is 6.17 Å². The van der Waals surface area contributed by atoms with Gasteiger partial charge in [0, 0.05) is 42.3 Å². The van der Waals surface area contributed by atoms with Crippen LogP contribution in [0.25, 0.3) is 74.9 Å². The van der Waals surface area contributed by atoms with Gasteiger partial charge >= 0.3 is 0 Å². The van der Waals surface area contributed by atoms with Crippen LogP contribution in [0.4, 0.5) is 0 Å². The first kappa shape index (κ1) is 29.3. The second kappa shape index (κ2) is 11.5. The molecule has 11 rings (SSSR count). The summed E-state index contributed by atoms with van der Waals surface area (Å²) in [4.78, 5) is 5.13. The maximum atomic E-state index is 5.13. The third-order valence-electron chi connectivity index (χ3n) is 10.6. The Morgan fingerprint density at radius 3 is 1.98 bits per heavy atom. The number of rotatable bonds is 4. The Balaban J connectivity index is 1.09. The highest BCUT2D eigenvalue weighted by Gasteiger charge is 2.21. The zero-order chi connectivity index (χ0) is 34.2. The van der Waals surface area contributed by atoms with Crippen LogP contribution >= 0.6 is 11.3 Å². The molecule has 0 radical (unpaired) electrons. The van der Waals surface area contributed by atoms with Crippen molar-refractivity contribution in [2.45, 2.75) is 6.17 Å². The summed E-state index contributed by atoms with van der Waals surface area (Å²) in [6.07, 6.45) is 2.00. The van der Waals surface area contributed by atoms with Gasteiger partial charge in [-0.3, -0.25) is 4.99 Å². The molecule has 2 aromatic heterocycles. The molecule has 1 aliphatic heterocycles. The van der Waals surface area contributed by atoms with E-state index >= 15 is 0 Å². The summed E-state index contributed by atoms with van der Waals surface area (Å²) in [5.41, 5.74) is 8.97. The molecule has 0 aliphatic carbocycles. The van der Waals surface area contributed by atoms with Gasteiger partial charge in [0.1, 0.15) is 6.17 Å². The largest absolute Gasteiger partial charge is 0.360 e. The number of thiophene rings is 1. The van der Waals surface area contributed by atoms with Crippen LogP contribution in [0.5, 0.6) is 0 Å². The maximum absolute atomic E-state index is 5.13. The molecular weight excluding hydrogens is 651 g/mol. The van der Waals surface area contributed by atoms with Gasteiger partial charge in [-0.25, -0.2) is 0 Å². The number of fused-ring (bicyclic) bond motifs is 9. The van der Waals surface area contributed by atoms with Gasteiger partial charge in [0.15, 0.2) is 0 Å². The average Bonchev–Trinajstić information content (AvgIpc) is 3.74. The second-order valence-corrected chi connectivity index (χ2v) is 14.7. The molecule has 8 aromatic carbocycles. The highest BCUT2D eigenvalue weighted by molar-refractivity contribution is 7.26. The Kier molecular flexibility index (Phi) is 6.48. The topological polar surface area (TPSA) is 29.3 Å². The molecule has 0 fully saturated rings. The quantitative estimate of drug-likeness (QED) is 0.197. The first-order valence-electron chi connectivity index (χ1n) is 17.7. The Morgan fingerprint density at radius 2 is 1.17 bits per heavy atom. The van der Waals surface area contributed by atoms with Crippen LogP contribution in [0.1, 0.15) is 22.9 Å². The van der Waals surface area contributed by atoms with E-state index in [0.717, 1.165) is 33.8 Å². The van der Waals surface area contributed by atoms with Crippen molar-refractivity contribution in [2.75, 3.05) is 0 Å². The summed E-state index contributed by atoms with van der Waals surface area (Å²) < 4.78 is 5.11. The first-order chi connectivity index (χ1) is 25.7. The third-order valence-corrected chi connectivity index (χ3v) is 11.8. The molecule has 10 aromatic rings. The van der Waals surface area contributed by atoms with Crippen molar-refractivity contribution in [3.05, 3.63) is 193 Å². The van der Waals surface area contributed by atoms with Crippen LogP contribution in [0.2, 0.25) is 0 Å². The van der Waals surface area contributed by atoms with Crippen LogP contribution in [-0.2, 0) is 0 Å². The summed E-state index contributed by atoms with van der Waals surface area (Å²) >= 11 is 1.90. The Morgan fingerprint density at radius 1 is 0.500 bits per heavy atom. The van der Waals surface area contributed by atoms with Crippen molar-refractivity contribution in [3.8, 4) is 5.69 Å². The van der Waals surface area contributed by atoms with Gasteiger partial charge in [0.25, 0.3) is 0 Å². The first-order valence-corrected chi connectivity index (χ1v) is 18.5. The minimum absolute atomic E-state index is 0.178. The summed E-state index contributed by atoms with van der Waals surface area (Å²) in [6.45, 7) is 0. The van der Waals surface area contributed by atoms with Gasteiger partial charge in [-0.15, -0.1) is 11.3 Å². The predicted molar refractivity (Wildman–Crippen MR) is 222 cm³/mol. The molecule has 1 N–H and O–H groups in total. The zero-order valence-corrected chi connectivity index (χ0v) is 28.9. The molecule has 244 valence electrons. The minimum atomic E-state index is -0.178. The number of aromatic nitrogens is 1. The van der Waals surface area contributed by atoms with E-state index in [1.54, 1.807) is 0 Å². The SMILES string of the molecule is C1=C(c2ccc(-n3c4cc5ccccc5cc4c4cc5c(cc43)sc3c4ccccc4ccc53)cc2)NC(c2ccccc2)N=C1c1ccccc1. The van der Waals surface area contributed by atoms with Crippen molar-refractivity contribution in [1.82, 2.24) is 9.88 Å². The minimum Gasteiger partial charge on any atom is -0.360 e. The van der Waals surface area contributed by atoms with Gasteiger partial charge in [0.05, 0.1) is 16.7 Å². The molecule has 4 heteroatoms. The lowest BCUT2D eigenvalue weighted by atomic mass is 10.0. The van der Waals surface area contributed by atoms with Gasteiger partial charge in [0.2, 0.25) is 0 Å². The smallest absolute Gasteiger partial charge is 0.145 e. The second-order valence-electron chi connectivity index (χ2n) is 13.6. The van der Waals surface area contributed by atoms with Crippen LogP contribution in [0.3, 0.4) is 0 Å². The van der Waals surface area contributed by atoms with Crippen molar-refractivity contribution >= 4 is 86.3 Å². The predicted octanol–water partition coefficient (Wildman–Crippen LogP) is 12.6. The van der Waals surface area contributed by atoms with Crippen molar-refractivity contribution in [3.63, 3.8) is 0 Å². The highest BCUT2D eigenvalue weighted by Crippen LogP contribution is 2.43. The standard InChI is InChI=1S/C48H31N3S/c1-3-12-31(13-4-1)42-28-43(50-48(49-42)33-14-5-2-6-15-33)32-19-22-36(23-20-32)51-44-26-35-17-8-7-16-34(35)25-39(44)40-27-41-38-24-21-30-11-9-10-18-37(30)47(38)52-46(41)29-45(40)51/h1-29,48,50H. The van der Waals surface area contributed by atoms with Gasteiger partial charge in [-0.2, -0.15) is 0 Å². The van der Waals surface area contributed by atoms with Crippen molar-refractivity contribution < 1.29 is 0 Å². The van der Waals surface area contributed by atoms with E-state index in [1.807, 2.05) is 17.4 Å². The third kappa shape index (κ3) is 4.62. The lowest BCUT2D eigenvalue weighted by molar-refractivity contribution is 0.664. The molecule has 3 heterocycles. The number of nitrogens with one attached hydrogen (secondary N) is 1. The van der Waals surface area contributed by atoms with E-state index in [1.165, 1.54) is 63.5 Å². The molecule has 0 saturated heterocycles. The normalized spacial score (nSPS) is 14.7. The highest BCUT2D eigenvalue weighted by atomic mass is 32.1. The van der Waals surface area contributed by atoms with Crippen LogP contribution in [0.15, 0.2) is 181 Å². The Labute approximate surface area is 304 Å². The number of aliphatic imine (C=N–C) groups is 1. The van der Waals surface area contributed by atoms with Crippen LogP contribution in [-0.4, -0.2) is 10.3 Å². The fourth-order valence-electron chi connectivity index (χ4n) is 8.03. The van der Waals surface area contributed by atoms with Crippen molar-refractivity contribution in [2.24, 2.45) is 4.99 Å². The molecule has 0 saturated carbocycles. The van der Waals surface area contributed by atoms with Crippen LogP contribution < -0.4 is 5.32 Å². The van der Waals surface area contributed by atoms with E-state index in [2.05, 4.69) is 180 Å². The maximum Gasteiger partial charge on any atom is 0.145 e. The van der Waals surface area contributed by atoms with Gasteiger partial charge < -0.3 is 9.88 Å². The lowest BCUT2D eigenvalue weighted by Gasteiger charge is -2.25. The average molecular weight is 682 g/mol. The fraction of sp³-hybridized carbons (Fsp3) is 0.0208. The van der Waals surface area contributed by atoms with Crippen LogP contribution in [0, 0.1) is 0 Å². The molecule has 1 unspecified atom stereocenters. The number of hydrogen-bond acceptors (Lipinski definition) is 3. The summed E-state index contributed by atoms with van der Waals surface area (Å²) in [7, 11) is 0. The number of hydrogen-bond donors (Lipinski definition) is 1. The molecule has 1 atom stereocenters. The monoisotopic (exact) mass is 681 g/mol. The molecular formula is C48H31N3S. The van der Waals surface area contributed by atoms with E-state index in [9.17, 15) is 0 Å². The molecule has 0 bridgehead atoms. The lowest BCUT2D eigenvalue weighted by Crippen LogP contribution is -2.24.